The van der Waals surface area contributed by atoms with Crippen LogP contribution in [-0.2, 0) is 14.4 Å². The lowest BCUT2D eigenvalue weighted by Crippen LogP contribution is -2.61. The molecule has 2 aliphatic rings. The molecule has 0 spiro atoms. The molecule has 0 bridgehead atoms. The fourth-order valence-electron chi connectivity index (χ4n) is 2.84. The van der Waals surface area contributed by atoms with Crippen molar-refractivity contribution in [2.45, 2.75) is 38.3 Å². The third kappa shape index (κ3) is 3.27. The van der Waals surface area contributed by atoms with Gasteiger partial charge in [0.15, 0.2) is 0 Å². The second-order valence-corrected chi connectivity index (χ2v) is 5.57. The zero-order chi connectivity index (χ0) is 14.7. The third-order valence-corrected chi connectivity index (χ3v) is 3.95. The van der Waals surface area contributed by atoms with Gasteiger partial charge in [0.1, 0.15) is 6.04 Å². The summed E-state index contributed by atoms with van der Waals surface area (Å²) in [5, 5.41) is 14.7. The van der Waals surface area contributed by atoms with Crippen molar-refractivity contribution in [3.63, 3.8) is 0 Å². The summed E-state index contributed by atoms with van der Waals surface area (Å²) in [6.45, 7) is 3.62. The van der Waals surface area contributed by atoms with Gasteiger partial charge < -0.3 is 20.6 Å². The largest absolute Gasteiger partial charge is 0.481 e. The molecule has 0 aromatic rings. The smallest absolute Gasteiger partial charge is 0.305 e. The summed E-state index contributed by atoms with van der Waals surface area (Å²) in [6, 6.07) is -1.20. The van der Waals surface area contributed by atoms with Gasteiger partial charge in [0.25, 0.3) is 0 Å². The first-order valence-electron chi connectivity index (χ1n) is 7.02. The number of amides is 2. The van der Waals surface area contributed by atoms with Crippen molar-refractivity contribution in [2.75, 3.05) is 19.6 Å². The molecule has 0 aromatic carbocycles. The molecule has 7 nitrogen and oxygen atoms in total. The Morgan fingerprint density at radius 3 is 2.80 bits per heavy atom. The van der Waals surface area contributed by atoms with E-state index in [1.54, 1.807) is 0 Å². The number of carboxylic acid groups (broad SMARTS) is 1. The molecule has 2 heterocycles. The Bertz CT molecular complexity index is 412. The summed E-state index contributed by atoms with van der Waals surface area (Å²) in [5.41, 5.74) is 0. The molecule has 0 radical (unpaired) electrons. The molecule has 112 valence electrons. The molecule has 2 rings (SSSR count). The van der Waals surface area contributed by atoms with Gasteiger partial charge in [0.2, 0.25) is 11.8 Å². The minimum absolute atomic E-state index is 0.155. The number of aliphatic carboxylic acids is 1. The van der Waals surface area contributed by atoms with E-state index in [-0.39, 0.29) is 24.3 Å². The highest BCUT2D eigenvalue weighted by Crippen LogP contribution is 2.19. The van der Waals surface area contributed by atoms with Crippen LogP contribution < -0.4 is 10.6 Å². The molecule has 0 aromatic heterocycles. The molecule has 3 unspecified atom stereocenters. The molecule has 7 heteroatoms. The SMILES string of the molecule is CC1CCNC(C(=O)N2CCNC(=O)C2CC(=O)O)C1. The van der Waals surface area contributed by atoms with Crippen molar-refractivity contribution in [3.8, 4) is 0 Å². The van der Waals surface area contributed by atoms with Gasteiger partial charge in [-0.1, -0.05) is 6.92 Å². The van der Waals surface area contributed by atoms with Gasteiger partial charge in [-0.2, -0.15) is 0 Å². The Morgan fingerprint density at radius 1 is 1.40 bits per heavy atom. The lowest BCUT2D eigenvalue weighted by Gasteiger charge is -2.38. The van der Waals surface area contributed by atoms with Crippen LogP contribution in [-0.4, -0.2) is 59.5 Å². The normalized spacial score (nSPS) is 30.8. The summed E-state index contributed by atoms with van der Waals surface area (Å²) in [5.74, 6) is -1.15. The van der Waals surface area contributed by atoms with E-state index in [4.69, 9.17) is 5.11 Å². The third-order valence-electron chi connectivity index (χ3n) is 3.95. The number of piperazine rings is 1. The van der Waals surface area contributed by atoms with E-state index in [1.165, 1.54) is 4.90 Å². The maximum atomic E-state index is 12.5. The number of hydrogen-bond acceptors (Lipinski definition) is 4. The monoisotopic (exact) mass is 283 g/mol. The Labute approximate surface area is 117 Å². The lowest BCUT2D eigenvalue weighted by molar-refractivity contribution is -0.150. The van der Waals surface area contributed by atoms with Crippen LogP contribution >= 0.6 is 0 Å². The number of rotatable bonds is 3. The van der Waals surface area contributed by atoms with Gasteiger partial charge in [0.05, 0.1) is 12.5 Å². The van der Waals surface area contributed by atoms with E-state index in [9.17, 15) is 14.4 Å². The van der Waals surface area contributed by atoms with Crippen molar-refractivity contribution in [1.29, 1.82) is 0 Å². The zero-order valence-electron chi connectivity index (χ0n) is 11.6. The second kappa shape index (κ2) is 6.21. The number of nitrogens with zero attached hydrogens (tertiary/aromatic N) is 1. The Hall–Kier alpha value is -1.63. The van der Waals surface area contributed by atoms with Crippen LogP contribution in [0.3, 0.4) is 0 Å². The van der Waals surface area contributed by atoms with Crippen LogP contribution in [0.1, 0.15) is 26.2 Å². The average molecular weight is 283 g/mol. The summed E-state index contributed by atoms with van der Waals surface area (Å²) in [6.07, 6.45) is 1.42. The number of carboxylic acids is 1. The van der Waals surface area contributed by atoms with Gasteiger partial charge in [-0.3, -0.25) is 14.4 Å². The minimum atomic E-state index is -1.07. The van der Waals surface area contributed by atoms with Gasteiger partial charge >= 0.3 is 5.97 Å². The van der Waals surface area contributed by atoms with Crippen LogP contribution in [0.5, 0.6) is 0 Å². The van der Waals surface area contributed by atoms with Crippen molar-refractivity contribution in [2.24, 2.45) is 5.92 Å². The number of nitrogens with one attached hydrogen (secondary N) is 2. The van der Waals surface area contributed by atoms with Crippen molar-refractivity contribution >= 4 is 17.8 Å². The number of carbonyl (C=O) groups is 3. The van der Waals surface area contributed by atoms with E-state index in [0.717, 1.165) is 19.4 Å². The maximum Gasteiger partial charge on any atom is 0.305 e. The number of carbonyl (C=O) groups excluding carboxylic acids is 2. The van der Waals surface area contributed by atoms with Crippen LogP contribution in [0.4, 0.5) is 0 Å². The first-order valence-corrected chi connectivity index (χ1v) is 7.02. The van der Waals surface area contributed by atoms with Crippen molar-refractivity contribution in [3.05, 3.63) is 0 Å². The molecule has 2 amide bonds. The highest BCUT2D eigenvalue weighted by atomic mass is 16.4. The van der Waals surface area contributed by atoms with E-state index >= 15 is 0 Å². The first-order chi connectivity index (χ1) is 9.49. The summed E-state index contributed by atoms with van der Waals surface area (Å²) >= 11 is 0. The molecule has 0 aliphatic carbocycles. The number of piperidine rings is 1. The molecule has 20 heavy (non-hydrogen) atoms. The van der Waals surface area contributed by atoms with E-state index in [0.29, 0.717) is 19.0 Å². The van der Waals surface area contributed by atoms with Gasteiger partial charge in [-0.05, 0) is 25.3 Å². The van der Waals surface area contributed by atoms with E-state index in [2.05, 4.69) is 17.6 Å². The van der Waals surface area contributed by atoms with Crippen molar-refractivity contribution < 1.29 is 19.5 Å². The fraction of sp³-hybridized carbons (Fsp3) is 0.769. The molecule has 2 saturated heterocycles. The predicted octanol–water partition coefficient (Wildman–Crippen LogP) is -0.824. The molecule has 3 atom stereocenters. The van der Waals surface area contributed by atoms with Crippen LogP contribution in [0.2, 0.25) is 0 Å². The molecule has 0 saturated carbocycles. The van der Waals surface area contributed by atoms with Crippen molar-refractivity contribution in [1.82, 2.24) is 15.5 Å². The predicted molar refractivity (Wildman–Crippen MR) is 71.0 cm³/mol. The van der Waals surface area contributed by atoms with Crippen LogP contribution in [0.15, 0.2) is 0 Å². The topological polar surface area (TPSA) is 98.7 Å². The summed E-state index contributed by atoms with van der Waals surface area (Å²) in [4.78, 5) is 36.6. The maximum absolute atomic E-state index is 12.5. The van der Waals surface area contributed by atoms with E-state index in [1.807, 2.05) is 0 Å². The minimum Gasteiger partial charge on any atom is -0.481 e. The Morgan fingerprint density at radius 2 is 2.15 bits per heavy atom. The number of hydrogen-bond donors (Lipinski definition) is 3. The standard InChI is InChI=1S/C13H21N3O4/c1-8-2-3-14-9(6-8)13(20)16-5-4-15-12(19)10(16)7-11(17)18/h8-10,14H,2-7H2,1H3,(H,15,19)(H,17,18). The summed E-state index contributed by atoms with van der Waals surface area (Å²) < 4.78 is 0. The van der Waals surface area contributed by atoms with Gasteiger partial charge in [-0.15, -0.1) is 0 Å². The van der Waals surface area contributed by atoms with Crippen LogP contribution in [0, 0.1) is 5.92 Å². The molecule has 2 aliphatic heterocycles. The Balaban J connectivity index is 2.08. The molecule has 2 fully saturated rings. The highest BCUT2D eigenvalue weighted by Gasteiger charge is 2.38. The zero-order valence-corrected chi connectivity index (χ0v) is 11.6. The van der Waals surface area contributed by atoms with Gasteiger partial charge in [-0.25, -0.2) is 0 Å². The quantitative estimate of drug-likeness (QED) is 0.628. The summed E-state index contributed by atoms with van der Waals surface area (Å²) in [7, 11) is 0. The fourth-order valence-corrected chi connectivity index (χ4v) is 2.84. The van der Waals surface area contributed by atoms with Crippen LogP contribution in [0.25, 0.3) is 0 Å². The highest BCUT2D eigenvalue weighted by molar-refractivity contribution is 5.93. The average Bonchev–Trinajstić information content (AvgIpc) is 2.40. The Kier molecular flexibility index (Phi) is 4.59. The first kappa shape index (κ1) is 14.8. The lowest BCUT2D eigenvalue weighted by atomic mass is 9.93. The molecular weight excluding hydrogens is 262 g/mol. The second-order valence-electron chi connectivity index (χ2n) is 5.57. The molecule has 3 N–H and O–H groups in total. The van der Waals surface area contributed by atoms with Gasteiger partial charge in [0, 0.05) is 13.1 Å². The van der Waals surface area contributed by atoms with E-state index < -0.39 is 12.0 Å². The molecular formula is C13H21N3O4.